The Morgan fingerprint density at radius 1 is 1.70 bits per heavy atom. The number of carbonyl (C=O) groups is 1. The molecule has 0 radical (unpaired) electrons. The van der Waals surface area contributed by atoms with Gasteiger partial charge in [0.25, 0.3) is 0 Å². The van der Waals surface area contributed by atoms with Crippen molar-refractivity contribution in [3.8, 4) is 0 Å². The first-order valence-corrected chi connectivity index (χ1v) is 3.06. The summed E-state index contributed by atoms with van der Waals surface area (Å²) in [5.74, 6) is -0.135. The molecule has 0 aromatic carbocycles. The Hall–Kier alpha value is -0.880. The van der Waals surface area contributed by atoms with E-state index in [0.717, 1.165) is 0 Å². The van der Waals surface area contributed by atoms with Gasteiger partial charge in [-0.1, -0.05) is 0 Å². The van der Waals surface area contributed by atoms with Crippen molar-refractivity contribution >= 4 is 23.2 Å². The second kappa shape index (κ2) is 4.95. The quantitative estimate of drug-likeness (QED) is 0.287. The summed E-state index contributed by atoms with van der Waals surface area (Å²) in [4.78, 5) is 10.5. The normalized spacial score (nSPS) is 8.50. The third-order valence-corrected chi connectivity index (χ3v) is 0.841. The van der Waals surface area contributed by atoms with Gasteiger partial charge in [-0.05, 0) is 12.2 Å². The van der Waals surface area contributed by atoms with Crippen molar-refractivity contribution in [3.63, 3.8) is 0 Å². The number of thiocarbonyl (C=S) groups is 1. The van der Waals surface area contributed by atoms with Crippen molar-refractivity contribution in [2.24, 2.45) is 5.73 Å². The van der Waals surface area contributed by atoms with Gasteiger partial charge in [0, 0.05) is 7.05 Å². The second-order valence-corrected chi connectivity index (χ2v) is 1.96. The van der Waals surface area contributed by atoms with E-state index in [-0.39, 0.29) is 17.6 Å². The lowest BCUT2D eigenvalue weighted by molar-refractivity contribution is -0.119. The standard InChI is InChI=1S/C4H10N4OS/c1-6-3(9)2-7-8-4(5)10/h7H,2H2,1H3,(H,6,9)(H3,5,8,10). The van der Waals surface area contributed by atoms with Crippen LogP contribution in [0.25, 0.3) is 0 Å². The zero-order valence-electron chi connectivity index (χ0n) is 5.60. The van der Waals surface area contributed by atoms with Crippen LogP contribution in [0.5, 0.6) is 0 Å². The average Bonchev–Trinajstić information content (AvgIpc) is 1.87. The lowest BCUT2D eigenvalue weighted by atomic mass is 10.6. The lowest BCUT2D eigenvalue weighted by Gasteiger charge is -2.03. The Balaban J connectivity index is 3.20. The Morgan fingerprint density at radius 2 is 2.30 bits per heavy atom. The zero-order valence-corrected chi connectivity index (χ0v) is 6.42. The van der Waals surface area contributed by atoms with E-state index >= 15 is 0 Å². The Kier molecular flexibility index (Phi) is 4.51. The van der Waals surface area contributed by atoms with Crippen LogP contribution in [0.2, 0.25) is 0 Å². The van der Waals surface area contributed by atoms with E-state index in [4.69, 9.17) is 5.73 Å². The summed E-state index contributed by atoms with van der Waals surface area (Å²) in [7, 11) is 1.55. The molecule has 1 amide bonds. The number of hydrazine groups is 1. The molecule has 0 bridgehead atoms. The van der Waals surface area contributed by atoms with Crippen LogP contribution >= 0.6 is 12.2 Å². The number of hydrogen-bond donors (Lipinski definition) is 4. The minimum Gasteiger partial charge on any atom is -0.375 e. The van der Waals surface area contributed by atoms with Crippen LogP contribution < -0.4 is 21.9 Å². The van der Waals surface area contributed by atoms with Crippen molar-refractivity contribution in [3.05, 3.63) is 0 Å². The van der Waals surface area contributed by atoms with Crippen LogP contribution in [0.1, 0.15) is 0 Å². The molecule has 0 heterocycles. The highest BCUT2D eigenvalue weighted by Crippen LogP contribution is 1.56. The molecule has 0 rings (SSSR count). The van der Waals surface area contributed by atoms with Gasteiger partial charge in [-0.25, -0.2) is 5.43 Å². The van der Waals surface area contributed by atoms with Gasteiger partial charge < -0.3 is 11.1 Å². The molecule has 0 unspecified atom stereocenters. The van der Waals surface area contributed by atoms with Gasteiger partial charge in [0.05, 0.1) is 6.54 Å². The summed E-state index contributed by atoms with van der Waals surface area (Å²) in [6.45, 7) is 0.147. The van der Waals surface area contributed by atoms with E-state index in [1.165, 1.54) is 0 Å². The summed E-state index contributed by atoms with van der Waals surface area (Å²) in [5, 5.41) is 2.53. The molecule has 0 aliphatic rings. The van der Waals surface area contributed by atoms with Gasteiger partial charge >= 0.3 is 0 Å². The molecule has 0 aromatic rings. The highest BCUT2D eigenvalue weighted by molar-refractivity contribution is 7.80. The fourth-order valence-electron chi connectivity index (χ4n) is 0.300. The number of carbonyl (C=O) groups excluding carboxylic acids is 1. The Morgan fingerprint density at radius 3 is 2.70 bits per heavy atom. The largest absolute Gasteiger partial charge is 0.375 e. The number of nitrogens with two attached hydrogens (primary N) is 1. The first-order chi connectivity index (χ1) is 4.66. The molecule has 0 saturated heterocycles. The molecule has 0 aliphatic heterocycles. The number of hydrogen-bond acceptors (Lipinski definition) is 3. The molecule has 58 valence electrons. The van der Waals surface area contributed by atoms with Crippen LogP contribution in [0, 0.1) is 0 Å². The molecule has 0 aromatic heterocycles. The summed E-state index contributed by atoms with van der Waals surface area (Å²) < 4.78 is 0. The zero-order chi connectivity index (χ0) is 7.98. The predicted octanol–water partition coefficient (Wildman–Crippen LogP) is -1.93. The lowest BCUT2D eigenvalue weighted by Crippen LogP contribution is -2.45. The highest BCUT2D eigenvalue weighted by atomic mass is 32.1. The summed E-state index contributed by atoms with van der Waals surface area (Å²) in [6.07, 6.45) is 0. The molecule has 0 aliphatic carbocycles. The Bertz CT molecular complexity index is 137. The van der Waals surface area contributed by atoms with Crippen LogP contribution in [-0.4, -0.2) is 24.6 Å². The highest BCUT2D eigenvalue weighted by Gasteiger charge is 1.93. The van der Waals surface area contributed by atoms with E-state index in [9.17, 15) is 4.79 Å². The van der Waals surface area contributed by atoms with Crippen molar-refractivity contribution in [2.45, 2.75) is 0 Å². The molecule has 10 heavy (non-hydrogen) atoms. The van der Waals surface area contributed by atoms with Gasteiger partial charge in [0.1, 0.15) is 0 Å². The van der Waals surface area contributed by atoms with Crippen molar-refractivity contribution in [1.82, 2.24) is 16.2 Å². The predicted molar refractivity (Wildman–Crippen MR) is 42.0 cm³/mol. The van der Waals surface area contributed by atoms with Gasteiger partial charge in [-0.2, -0.15) is 0 Å². The molecule has 0 fully saturated rings. The number of nitrogens with one attached hydrogen (secondary N) is 3. The minimum absolute atomic E-state index is 0.115. The molecule has 6 heteroatoms. The van der Waals surface area contributed by atoms with E-state index in [1.807, 2.05) is 0 Å². The molecular weight excluding hydrogens is 152 g/mol. The Labute approximate surface area is 64.3 Å². The number of likely N-dealkylation sites (N-methyl/N-ethyl adjacent to an activating group) is 1. The third kappa shape index (κ3) is 5.26. The van der Waals surface area contributed by atoms with E-state index in [0.29, 0.717) is 0 Å². The third-order valence-electron chi connectivity index (χ3n) is 0.739. The average molecular weight is 162 g/mol. The first kappa shape index (κ1) is 9.12. The van der Waals surface area contributed by atoms with Crippen LogP contribution in [0.4, 0.5) is 0 Å². The van der Waals surface area contributed by atoms with Crippen LogP contribution in [0.15, 0.2) is 0 Å². The SMILES string of the molecule is CNC(=O)CNNC(N)=S. The van der Waals surface area contributed by atoms with Crippen molar-refractivity contribution in [2.75, 3.05) is 13.6 Å². The maximum atomic E-state index is 10.5. The maximum Gasteiger partial charge on any atom is 0.235 e. The van der Waals surface area contributed by atoms with E-state index in [2.05, 4.69) is 28.4 Å². The fraction of sp³-hybridized carbons (Fsp3) is 0.500. The minimum atomic E-state index is -0.135. The molecule has 5 nitrogen and oxygen atoms in total. The molecular formula is C4H10N4OS. The smallest absolute Gasteiger partial charge is 0.235 e. The van der Waals surface area contributed by atoms with E-state index < -0.39 is 0 Å². The van der Waals surface area contributed by atoms with Gasteiger partial charge in [0.2, 0.25) is 5.91 Å². The first-order valence-electron chi connectivity index (χ1n) is 2.65. The second-order valence-electron chi connectivity index (χ2n) is 1.52. The van der Waals surface area contributed by atoms with Crippen molar-refractivity contribution < 1.29 is 4.79 Å². The number of rotatable bonds is 3. The summed E-state index contributed by atoms with van der Waals surface area (Å²) >= 11 is 4.46. The van der Waals surface area contributed by atoms with Gasteiger partial charge in [-0.3, -0.25) is 10.2 Å². The van der Waals surface area contributed by atoms with Gasteiger partial charge in [-0.15, -0.1) is 0 Å². The number of amides is 1. The molecule has 5 N–H and O–H groups in total. The van der Waals surface area contributed by atoms with Gasteiger partial charge in [0.15, 0.2) is 5.11 Å². The molecule has 0 atom stereocenters. The summed E-state index contributed by atoms with van der Waals surface area (Å²) in [6, 6.07) is 0. The van der Waals surface area contributed by atoms with E-state index in [1.54, 1.807) is 7.05 Å². The topological polar surface area (TPSA) is 79.2 Å². The molecule has 0 saturated carbocycles. The fourth-order valence-corrected chi connectivity index (χ4v) is 0.372. The molecule has 0 spiro atoms. The summed E-state index contributed by atoms with van der Waals surface area (Å²) in [5.41, 5.74) is 9.96. The maximum absolute atomic E-state index is 10.5. The van der Waals surface area contributed by atoms with Crippen LogP contribution in [-0.2, 0) is 4.79 Å². The monoisotopic (exact) mass is 162 g/mol. The van der Waals surface area contributed by atoms with Crippen LogP contribution in [0.3, 0.4) is 0 Å². The van der Waals surface area contributed by atoms with Crippen molar-refractivity contribution in [1.29, 1.82) is 0 Å².